The third-order valence-electron chi connectivity index (χ3n) is 7.39. The molecule has 4 aromatic heterocycles. The normalized spacial score (nSPS) is 11.1. The Morgan fingerprint density at radius 3 is 0.512 bits per heavy atom. The molecule has 0 aliphatic carbocycles. The van der Waals surface area contributed by atoms with Gasteiger partial charge in [0.25, 0.3) is 0 Å². The zero-order valence-electron chi connectivity index (χ0n) is 40.6. The van der Waals surface area contributed by atoms with Gasteiger partial charge in [0.2, 0.25) is 0 Å². The van der Waals surface area contributed by atoms with Gasteiger partial charge in [-0.15, -0.1) is 47.4 Å². The maximum atomic E-state index is 11.7. The number of alkyl halides is 24. The number of hydrogen-bond acceptors (Lipinski definition) is 4. The molecule has 36 heteroatoms. The van der Waals surface area contributed by atoms with Gasteiger partial charge in [0, 0.05) is 51.4 Å². The first-order valence-corrected chi connectivity index (χ1v) is 21.1. The van der Waals surface area contributed by atoms with Crippen LogP contribution in [-0.4, -0.2) is 20.4 Å². The molecule has 4 aromatic rings. The Labute approximate surface area is 483 Å². The average Bonchev–Trinajstić information content (AvgIpc) is 4.12. The molecule has 0 aliphatic heterocycles. The van der Waals surface area contributed by atoms with E-state index in [0.29, 0.717) is 0 Å². The van der Waals surface area contributed by atoms with Crippen LogP contribution in [0.15, 0.2) is 24.3 Å². The molecule has 0 spiro atoms. The predicted molar refractivity (Wildman–Crippen MR) is 219 cm³/mol. The van der Waals surface area contributed by atoms with Crippen molar-refractivity contribution in [3.05, 3.63) is 69.8 Å². The van der Waals surface area contributed by atoms with Crippen LogP contribution in [0.2, 0.25) is 0 Å². The van der Waals surface area contributed by atoms with Gasteiger partial charge in [0.05, 0.1) is 0 Å². The fraction of sp³-hybridized carbons (Fsp3) is 0.545. The van der Waals surface area contributed by atoms with E-state index in [1.807, 2.05) is 0 Å². The van der Waals surface area contributed by atoms with E-state index >= 15 is 0 Å². The summed E-state index contributed by atoms with van der Waals surface area (Å²) in [7, 11) is 0. The fourth-order valence-electron chi connectivity index (χ4n) is 4.00. The second kappa shape index (κ2) is 40.6. The number of aromatic nitrogens is 8. The van der Waals surface area contributed by atoms with Crippen LogP contribution < -0.4 is 20.4 Å². The molecule has 0 unspecified atom stereocenters. The summed E-state index contributed by atoms with van der Waals surface area (Å²) in [4.78, 5) is 0. The average molecular weight is 1390 g/mol. The van der Waals surface area contributed by atoms with Crippen LogP contribution in [0.4, 0.5) is 105 Å². The first kappa shape index (κ1) is 86.7. The zero-order valence-corrected chi connectivity index (χ0v) is 44.4. The van der Waals surface area contributed by atoms with E-state index in [1.54, 1.807) is 0 Å². The summed E-state index contributed by atoms with van der Waals surface area (Å²) in [6.45, 7) is 8.33. The molecule has 0 fully saturated rings. The maximum absolute atomic E-state index is 11.7. The van der Waals surface area contributed by atoms with Crippen LogP contribution in [0, 0.1) is 47.4 Å². The van der Waals surface area contributed by atoms with Crippen molar-refractivity contribution < 1.29 is 174 Å². The Bertz CT molecular complexity index is 2040. The van der Waals surface area contributed by atoms with Gasteiger partial charge in [0.1, 0.15) is 22.8 Å². The van der Waals surface area contributed by atoms with E-state index in [-0.39, 0.29) is 92.5 Å². The molecule has 4 rings (SSSR count). The van der Waals surface area contributed by atoms with Crippen molar-refractivity contribution in [3.63, 3.8) is 0 Å². The second-order valence-corrected chi connectivity index (χ2v) is 13.7. The fourth-order valence-corrected chi connectivity index (χ4v) is 4.00. The summed E-state index contributed by atoms with van der Waals surface area (Å²) in [5, 5.41) is 18.9. The van der Waals surface area contributed by atoms with E-state index in [1.165, 1.54) is 25.7 Å². The Balaban J connectivity index is -0.000000203. The Kier molecular flexibility index (Phi) is 44.1. The van der Waals surface area contributed by atoms with Gasteiger partial charge in [-0.05, 0) is 72.7 Å². The van der Waals surface area contributed by atoms with Gasteiger partial charge < -0.3 is 40.8 Å². The molecule has 0 aromatic carbocycles. The Morgan fingerprint density at radius 1 is 0.275 bits per heavy atom. The van der Waals surface area contributed by atoms with E-state index in [2.05, 4.69) is 116 Å². The third-order valence-corrected chi connectivity index (χ3v) is 7.39. The Hall–Kier alpha value is -4.52. The van der Waals surface area contributed by atoms with Gasteiger partial charge >= 0.3 is 118 Å². The van der Waals surface area contributed by atoms with Gasteiger partial charge in [-0.1, -0.05) is 27.7 Å². The van der Waals surface area contributed by atoms with Crippen molar-refractivity contribution in [1.29, 1.82) is 0 Å². The van der Waals surface area contributed by atoms with Gasteiger partial charge in [-0.25, -0.2) is 0 Å². The van der Waals surface area contributed by atoms with Crippen molar-refractivity contribution >= 4 is 0 Å². The number of rotatable bonds is 6. The molecule has 0 bridgehead atoms. The molecule has 0 saturated heterocycles. The topological polar surface area (TPSA) is 108 Å². The summed E-state index contributed by atoms with van der Waals surface area (Å²) in [6, 6.07) is -0.556. The molecule has 8 nitrogen and oxygen atoms in total. The van der Waals surface area contributed by atoms with Crippen molar-refractivity contribution in [3.8, 4) is 47.4 Å². The van der Waals surface area contributed by atoms with Crippen molar-refractivity contribution in [1.82, 2.24) is 40.8 Å². The first-order valence-electron chi connectivity index (χ1n) is 21.1. The summed E-state index contributed by atoms with van der Waals surface area (Å²) in [5.74, 6) is 24.8. The van der Waals surface area contributed by atoms with E-state index < -0.39 is 95.0 Å². The number of hydrogen-bond donors (Lipinski definition) is 0. The minimum Gasteiger partial charge on any atom is -0.571 e. The minimum absolute atomic E-state index is 0. The summed E-state index contributed by atoms with van der Waals surface area (Å²) in [5.41, 5.74) is -13.1. The number of halogens is 24. The maximum Gasteiger partial charge on any atom is 1.00 e. The van der Waals surface area contributed by atoms with Gasteiger partial charge in [-0.2, -0.15) is 105 Å². The molecule has 0 N–H and O–H groups in total. The molecule has 0 aliphatic rings. The molecule has 0 amide bonds. The van der Waals surface area contributed by atoms with Crippen LogP contribution in [0.1, 0.15) is 150 Å². The van der Waals surface area contributed by atoms with Gasteiger partial charge in [-0.3, -0.25) is 0 Å². The van der Waals surface area contributed by atoms with Crippen molar-refractivity contribution in [2.75, 3.05) is 0 Å². The summed E-state index contributed by atoms with van der Waals surface area (Å²) >= 11 is 0. The monoisotopic (exact) mass is 1390 g/mol. The second-order valence-electron chi connectivity index (χ2n) is 13.7. The largest absolute Gasteiger partial charge is 1.00 e. The molecule has 80 heavy (non-hydrogen) atoms. The third kappa shape index (κ3) is 40.6. The minimum atomic E-state index is -4.89. The van der Waals surface area contributed by atoms with Crippen LogP contribution in [0.5, 0.6) is 0 Å². The molecular formula is C44H40Cu4F24N8. The molecule has 0 atom stereocenters. The molecule has 0 radical (unpaired) electrons. The Morgan fingerprint density at radius 2 is 0.425 bits per heavy atom. The molecule has 4 heterocycles. The smallest absolute Gasteiger partial charge is 0.571 e. The van der Waals surface area contributed by atoms with E-state index in [9.17, 15) is 105 Å². The standard InChI is InChI=1S/2C12H18.4C5HF6N2.4Cu/c2*1-3-5-7-9-11-12-10-8-6-4-2;4*6-4(7,8)2-1-3(13-12-2)5(9,10)11;;;;/h2*3-4,9-12H2,1-2H3;4*1H;;;;/q;;4*-1;4*+1. The van der Waals surface area contributed by atoms with Crippen molar-refractivity contribution in [2.24, 2.45) is 0 Å². The summed E-state index contributed by atoms with van der Waals surface area (Å²) < 4.78 is 281. The van der Waals surface area contributed by atoms with Crippen molar-refractivity contribution in [2.45, 2.75) is 154 Å². The molecular weight excluding hydrogens is 1350 g/mol. The van der Waals surface area contributed by atoms with E-state index in [4.69, 9.17) is 0 Å². The predicted octanol–water partition coefficient (Wildman–Crippen LogP) is 15.0. The number of nitrogens with zero attached hydrogens (tertiary/aromatic N) is 8. The quantitative estimate of drug-likeness (QED) is 0.0813. The summed E-state index contributed by atoms with van der Waals surface area (Å²) in [6.07, 6.45) is -26.2. The van der Waals surface area contributed by atoms with E-state index in [0.717, 1.165) is 51.4 Å². The van der Waals surface area contributed by atoms with Crippen LogP contribution in [0.25, 0.3) is 0 Å². The molecule has 468 valence electrons. The zero-order chi connectivity index (χ0) is 59.2. The van der Waals surface area contributed by atoms with Gasteiger partial charge in [0.15, 0.2) is 0 Å². The first-order chi connectivity index (χ1) is 34.7. The van der Waals surface area contributed by atoms with Crippen LogP contribution in [0.3, 0.4) is 0 Å². The van der Waals surface area contributed by atoms with Crippen LogP contribution in [-0.2, 0) is 118 Å². The SMILES string of the molecule is CCC#CCCCCC#CCC.CCC#CCCCCC#CCC.FC(F)(F)c1cc(C(F)(F)F)[n-]n1.FC(F)(F)c1cc(C(F)(F)F)[n-]n1.FC(F)(F)c1cc(C(F)(F)F)[n-]n1.FC(F)(F)c1cc(C(F)(F)F)[n-]n1.[Cu+].[Cu+].[Cu+].[Cu+]. The number of unbranched alkanes of at least 4 members (excludes halogenated alkanes) is 6. The van der Waals surface area contributed by atoms with Crippen LogP contribution >= 0.6 is 0 Å². The molecule has 0 saturated carbocycles.